The predicted octanol–water partition coefficient (Wildman–Crippen LogP) is 6.12. The molecule has 222 valence electrons. The predicted molar refractivity (Wildman–Crippen MR) is 176 cm³/mol. The van der Waals surface area contributed by atoms with Crippen LogP contribution in [0.2, 0.25) is 0 Å². The number of likely N-dealkylation sites (N-methyl/N-ethyl adjacent to an activating group) is 4. The van der Waals surface area contributed by atoms with Crippen LogP contribution in [0.25, 0.3) is 0 Å². The summed E-state index contributed by atoms with van der Waals surface area (Å²) in [6, 6.07) is 35.0. The van der Waals surface area contributed by atoms with E-state index in [1.165, 1.54) is 16.7 Å². The Kier molecular flexibility index (Phi) is 12.9. The highest BCUT2D eigenvalue weighted by atomic mass is 15.3. The van der Waals surface area contributed by atoms with Gasteiger partial charge in [0.25, 0.3) is 0 Å². The zero-order valence-corrected chi connectivity index (χ0v) is 26.2. The van der Waals surface area contributed by atoms with Crippen molar-refractivity contribution in [3.63, 3.8) is 0 Å². The molecule has 0 spiro atoms. The van der Waals surface area contributed by atoms with Gasteiger partial charge >= 0.3 is 0 Å². The molecule has 0 saturated carbocycles. The van der Waals surface area contributed by atoms with Crippen LogP contribution >= 0.6 is 0 Å². The molecule has 1 heterocycles. The molecule has 41 heavy (non-hydrogen) atoms. The fourth-order valence-corrected chi connectivity index (χ4v) is 6.75. The van der Waals surface area contributed by atoms with E-state index in [9.17, 15) is 0 Å². The van der Waals surface area contributed by atoms with Crippen molar-refractivity contribution in [1.82, 2.24) is 19.6 Å². The molecule has 1 fully saturated rings. The normalized spacial score (nSPS) is 22.7. The van der Waals surface area contributed by atoms with Gasteiger partial charge < -0.3 is 4.90 Å². The Hall–Kier alpha value is -2.50. The van der Waals surface area contributed by atoms with Crippen LogP contribution in [-0.2, 0) is 19.3 Å². The van der Waals surface area contributed by atoms with Crippen molar-refractivity contribution in [3.8, 4) is 0 Å². The van der Waals surface area contributed by atoms with Gasteiger partial charge in [0.1, 0.15) is 0 Å². The van der Waals surface area contributed by atoms with Crippen molar-refractivity contribution in [3.05, 3.63) is 108 Å². The smallest absolute Gasteiger partial charge is 0.0264 e. The van der Waals surface area contributed by atoms with Crippen LogP contribution in [0.1, 0.15) is 44.4 Å². The highest BCUT2D eigenvalue weighted by Gasteiger charge is 2.30. The first-order chi connectivity index (χ1) is 20.1. The lowest BCUT2D eigenvalue weighted by Gasteiger charge is -2.44. The monoisotopic (exact) mass is 554 g/mol. The highest BCUT2D eigenvalue weighted by molar-refractivity contribution is 5.19. The molecule has 3 atom stereocenters. The number of hydrogen-bond acceptors (Lipinski definition) is 4. The Bertz CT molecular complexity index is 1050. The fourth-order valence-electron chi connectivity index (χ4n) is 6.75. The zero-order chi connectivity index (χ0) is 28.9. The number of hydrogen-bond donors (Lipinski definition) is 0. The minimum atomic E-state index is 0.465. The van der Waals surface area contributed by atoms with Gasteiger partial charge in [-0.1, -0.05) is 119 Å². The Balaban J connectivity index is 1.69. The molecule has 3 aromatic carbocycles. The van der Waals surface area contributed by atoms with Gasteiger partial charge in [-0.25, -0.2) is 0 Å². The number of benzene rings is 3. The molecule has 3 unspecified atom stereocenters. The van der Waals surface area contributed by atoms with E-state index in [-0.39, 0.29) is 0 Å². The lowest BCUT2D eigenvalue weighted by molar-refractivity contribution is 0.0543. The largest absolute Gasteiger partial charge is 0.301 e. The second-order valence-corrected chi connectivity index (χ2v) is 11.7. The maximum atomic E-state index is 2.81. The van der Waals surface area contributed by atoms with Gasteiger partial charge in [0, 0.05) is 50.8 Å². The topological polar surface area (TPSA) is 13.0 Å². The van der Waals surface area contributed by atoms with Gasteiger partial charge in [-0.05, 0) is 62.1 Å². The maximum absolute atomic E-state index is 2.81. The molecule has 1 saturated heterocycles. The van der Waals surface area contributed by atoms with Crippen molar-refractivity contribution in [2.24, 2.45) is 0 Å². The molecule has 0 bridgehead atoms. The molecule has 0 aliphatic carbocycles. The molecule has 1 aliphatic heterocycles. The van der Waals surface area contributed by atoms with E-state index in [1.54, 1.807) is 0 Å². The SMILES string of the molecule is CCN1CCN(CC)C(Cc2ccccc2)CN(CC)C(Cc2ccccc2)CN(CC)C(Cc2ccccc2)C1. The van der Waals surface area contributed by atoms with Crippen LogP contribution in [-0.4, -0.2) is 96.6 Å². The summed E-state index contributed by atoms with van der Waals surface area (Å²) >= 11 is 0. The Labute approximate surface area is 251 Å². The third kappa shape index (κ3) is 9.51. The first-order valence-electron chi connectivity index (χ1n) is 16.2. The van der Waals surface area contributed by atoms with Crippen molar-refractivity contribution < 1.29 is 0 Å². The van der Waals surface area contributed by atoms with Gasteiger partial charge in [-0.15, -0.1) is 0 Å². The van der Waals surface area contributed by atoms with Gasteiger partial charge in [0.15, 0.2) is 0 Å². The van der Waals surface area contributed by atoms with Crippen LogP contribution in [0.5, 0.6) is 0 Å². The summed E-state index contributed by atoms with van der Waals surface area (Å²) < 4.78 is 0. The third-order valence-electron chi connectivity index (χ3n) is 9.22. The molecule has 1 aliphatic rings. The fraction of sp³-hybridized carbons (Fsp3) is 0.514. The number of nitrogens with zero attached hydrogens (tertiary/aromatic N) is 4. The highest BCUT2D eigenvalue weighted by Crippen LogP contribution is 2.20. The average Bonchev–Trinajstić information content (AvgIpc) is 3.02. The molecule has 4 rings (SSSR count). The van der Waals surface area contributed by atoms with Crippen molar-refractivity contribution in [2.75, 3.05) is 58.9 Å². The Morgan fingerprint density at radius 2 is 0.805 bits per heavy atom. The van der Waals surface area contributed by atoms with Crippen LogP contribution in [0.4, 0.5) is 0 Å². The molecule has 0 N–H and O–H groups in total. The molecular weight excluding hydrogens is 500 g/mol. The van der Waals surface area contributed by atoms with E-state index in [1.807, 2.05) is 0 Å². The maximum Gasteiger partial charge on any atom is 0.0264 e. The molecule has 0 radical (unpaired) electrons. The summed E-state index contributed by atoms with van der Waals surface area (Å²) in [6.07, 6.45) is 3.29. The molecule has 3 aromatic rings. The summed E-state index contributed by atoms with van der Waals surface area (Å²) in [4.78, 5) is 11.1. The van der Waals surface area contributed by atoms with Crippen molar-refractivity contribution >= 4 is 0 Å². The van der Waals surface area contributed by atoms with E-state index in [0.29, 0.717) is 18.1 Å². The number of rotatable bonds is 10. The summed E-state index contributed by atoms with van der Waals surface area (Å²) in [5.74, 6) is 0. The molecule has 4 nitrogen and oxygen atoms in total. The second kappa shape index (κ2) is 16.8. The lowest BCUT2D eigenvalue weighted by Crippen LogP contribution is -2.57. The summed E-state index contributed by atoms with van der Waals surface area (Å²) in [6.45, 7) is 19.3. The van der Waals surface area contributed by atoms with E-state index in [4.69, 9.17) is 0 Å². The minimum absolute atomic E-state index is 0.465. The minimum Gasteiger partial charge on any atom is -0.301 e. The first kappa shape index (κ1) is 31.4. The van der Waals surface area contributed by atoms with Gasteiger partial charge in [0.05, 0.1) is 0 Å². The van der Waals surface area contributed by atoms with Crippen LogP contribution < -0.4 is 0 Å². The third-order valence-corrected chi connectivity index (χ3v) is 9.22. The molecule has 4 heteroatoms. The summed E-state index contributed by atoms with van der Waals surface area (Å²) in [5.41, 5.74) is 4.34. The first-order valence-corrected chi connectivity index (χ1v) is 16.2. The quantitative estimate of drug-likeness (QED) is 0.299. The lowest BCUT2D eigenvalue weighted by atomic mass is 9.98. The van der Waals surface area contributed by atoms with Crippen molar-refractivity contribution in [1.29, 1.82) is 0 Å². The standard InChI is InChI=1S/C37H54N4/c1-5-38-24-25-39(6-2)36(27-33-20-14-10-15-21-33)30-41(8-4)37(28-34-22-16-11-17-23-34)31-40(7-3)35(29-38)26-32-18-12-9-13-19-32/h9-23,35-37H,5-8,24-31H2,1-4H3. The Morgan fingerprint density at radius 1 is 0.439 bits per heavy atom. The summed E-state index contributed by atoms with van der Waals surface area (Å²) in [5, 5.41) is 0. The molecule has 0 amide bonds. The zero-order valence-electron chi connectivity index (χ0n) is 26.2. The second-order valence-electron chi connectivity index (χ2n) is 11.7. The van der Waals surface area contributed by atoms with E-state index in [2.05, 4.69) is 138 Å². The van der Waals surface area contributed by atoms with E-state index < -0.39 is 0 Å². The molecule has 0 aromatic heterocycles. The van der Waals surface area contributed by atoms with Crippen LogP contribution in [0.15, 0.2) is 91.0 Å². The molecular formula is C37H54N4. The van der Waals surface area contributed by atoms with E-state index >= 15 is 0 Å². The van der Waals surface area contributed by atoms with E-state index in [0.717, 1.165) is 78.2 Å². The summed E-state index contributed by atoms with van der Waals surface area (Å²) in [7, 11) is 0. The van der Waals surface area contributed by atoms with Gasteiger partial charge in [-0.2, -0.15) is 0 Å². The van der Waals surface area contributed by atoms with Crippen molar-refractivity contribution in [2.45, 2.75) is 65.1 Å². The van der Waals surface area contributed by atoms with Crippen LogP contribution in [0.3, 0.4) is 0 Å². The van der Waals surface area contributed by atoms with Crippen LogP contribution in [0, 0.1) is 0 Å². The Morgan fingerprint density at radius 3 is 1.17 bits per heavy atom. The van der Waals surface area contributed by atoms with Gasteiger partial charge in [-0.3, -0.25) is 14.7 Å². The van der Waals surface area contributed by atoms with Gasteiger partial charge in [0.2, 0.25) is 0 Å². The average molecular weight is 555 g/mol.